The summed E-state index contributed by atoms with van der Waals surface area (Å²) in [5, 5.41) is 5.06. The quantitative estimate of drug-likeness (QED) is 0.819. The van der Waals surface area contributed by atoms with Gasteiger partial charge in [-0.15, -0.1) is 0 Å². The summed E-state index contributed by atoms with van der Waals surface area (Å²) in [5.74, 6) is -0.567. The van der Waals surface area contributed by atoms with Crippen LogP contribution in [-0.2, 0) is 19.5 Å². The van der Waals surface area contributed by atoms with Crippen molar-refractivity contribution in [2.75, 3.05) is 13.2 Å². The Morgan fingerprint density at radius 1 is 1.30 bits per heavy atom. The molecule has 0 aliphatic carbocycles. The second-order valence-corrected chi connectivity index (χ2v) is 6.91. The van der Waals surface area contributed by atoms with Gasteiger partial charge >= 0.3 is 5.97 Å². The number of benzene rings is 1. The van der Waals surface area contributed by atoms with E-state index in [0.717, 1.165) is 0 Å². The molecule has 0 spiro atoms. The minimum absolute atomic E-state index is 0.134. The number of esters is 1. The van der Waals surface area contributed by atoms with Crippen LogP contribution in [0.25, 0.3) is 0 Å². The highest BCUT2D eigenvalue weighted by Gasteiger charge is 2.21. The van der Waals surface area contributed by atoms with Crippen LogP contribution in [0.15, 0.2) is 27.6 Å². The predicted octanol–water partition coefficient (Wildman–Crippen LogP) is 1.43. The number of hydrogen-bond donors (Lipinski definition) is 1. The molecular formula is C12H14BrNO5S. The van der Waals surface area contributed by atoms with Gasteiger partial charge in [0, 0.05) is 17.3 Å². The fourth-order valence-electron chi connectivity index (χ4n) is 1.86. The first kappa shape index (κ1) is 15.4. The second kappa shape index (κ2) is 6.21. The van der Waals surface area contributed by atoms with Crippen molar-refractivity contribution in [2.24, 2.45) is 5.14 Å². The lowest BCUT2D eigenvalue weighted by Crippen LogP contribution is -2.26. The maximum atomic E-state index is 12.0. The topological polar surface area (TPSA) is 95.7 Å². The summed E-state index contributed by atoms with van der Waals surface area (Å²) in [6.07, 6.45) is 1.08. The molecule has 0 amide bonds. The third kappa shape index (κ3) is 4.02. The fourth-order valence-corrected chi connectivity index (χ4v) is 3.09. The van der Waals surface area contributed by atoms with E-state index >= 15 is 0 Å². The van der Waals surface area contributed by atoms with Crippen LogP contribution in [0.2, 0.25) is 0 Å². The van der Waals surface area contributed by atoms with Crippen LogP contribution >= 0.6 is 15.9 Å². The molecule has 1 saturated heterocycles. The highest BCUT2D eigenvalue weighted by atomic mass is 79.9. The van der Waals surface area contributed by atoms with E-state index in [1.165, 1.54) is 18.2 Å². The molecule has 110 valence electrons. The van der Waals surface area contributed by atoms with E-state index in [1.807, 2.05) is 0 Å². The van der Waals surface area contributed by atoms with Gasteiger partial charge in [0.15, 0.2) is 0 Å². The molecule has 2 rings (SSSR count). The lowest BCUT2D eigenvalue weighted by atomic mass is 10.1. The fraction of sp³-hybridized carbons (Fsp3) is 0.417. The van der Waals surface area contributed by atoms with Crippen LogP contribution in [-0.4, -0.2) is 33.7 Å². The van der Waals surface area contributed by atoms with Gasteiger partial charge < -0.3 is 9.47 Å². The van der Waals surface area contributed by atoms with E-state index in [9.17, 15) is 13.2 Å². The van der Waals surface area contributed by atoms with E-state index in [1.54, 1.807) is 0 Å². The predicted molar refractivity (Wildman–Crippen MR) is 74.8 cm³/mol. The third-order valence-corrected chi connectivity index (χ3v) is 4.23. The molecule has 1 aliphatic heterocycles. The van der Waals surface area contributed by atoms with Crippen molar-refractivity contribution in [3.63, 3.8) is 0 Å². The second-order valence-electron chi connectivity index (χ2n) is 4.44. The largest absolute Gasteiger partial charge is 0.459 e. The minimum atomic E-state index is -3.87. The Labute approximate surface area is 125 Å². The average Bonchev–Trinajstić information content (AvgIpc) is 2.38. The number of rotatable bonds is 3. The molecular weight excluding hydrogens is 350 g/mol. The summed E-state index contributed by atoms with van der Waals surface area (Å²) in [4.78, 5) is 11.9. The third-order valence-electron chi connectivity index (χ3n) is 2.88. The summed E-state index contributed by atoms with van der Waals surface area (Å²) in [7, 11) is -3.87. The summed E-state index contributed by atoms with van der Waals surface area (Å²) >= 11 is 3.15. The molecule has 1 heterocycles. The average molecular weight is 364 g/mol. The van der Waals surface area contributed by atoms with Gasteiger partial charge in [0.05, 0.1) is 23.7 Å². The summed E-state index contributed by atoms with van der Waals surface area (Å²) in [5.41, 5.74) is 0.148. The van der Waals surface area contributed by atoms with Crippen molar-refractivity contribution in [3.8, 4) is 0 Å². The van der Waals surface area contributed by atoms with E-state index in [0.29, 0.717) is 30.5 Å². The van der Waals surface area contributed by atoms with Gasteiger partial charge in [-0.1, -0.05) is 15.9 Å². The first-order valence-corrected chi connectivity index (χ1v) is 8.32. The van der Waals surface area contributed by atoms with Gasteiger partial charge in [0.2, 0.25) is 10.0 Å². The van der Waals surface area contributed by atoms with Crippen molar-refractivity contribution < 1.29 is 22.7 Å². The number of carbonyl (C=O) groups excluding carboxylic acids is 1. The van der Waals surface area contributed by atoms with E-state index < -0.39 is 16.0 Å². The number of ether oxygens (including phenoxy) is 2. The van der Waals surface area contributed by atoms with Crippen LogP contribution in [0.5, 0.6) is 0 Å². The van der Waals surface area contributed by atoms with Gasteiger partial charge in [0.25, 0.3) is 0 Å². The van der Waals surface area contributed by atoms with Gasteiger partial charge in [-0.05, 0) is 18.2 Å². The van der Waals surface area contributed by atoms with Gasteiger partial charge in [-0.2, -0.15) is 0 Å². The molecule has 1 aliphatic rings. The Balaban J connectivity index is 2.19. The lowest BCUT2D eigenvalue weighted by molar-refractivity contribution is -0.0159. The Kier molecular flexibility index (Phi) is 4.79. The monoisotopic (exact) mass is 363 g/mol. The number of primary sulfonamides is 1. The first-order chi connectivity index (χ1) is 9.36. The van der Waals surface area contributed by atoms with Crippen molar-refractivity contribution in [1.82, 2.24) is 0 Å². The number of hydrogen-bond acceptors (Lipinski definition) is 5. The molecule has 1 fully saturated rings. The number of nitrogens with two attached hydrogens (primary N) is 1. The van der Waals surface area contributed by atoms with Gasteiger partial charge in [-0.25, -0.2) is 18.4 Å². The van der Waals surface area contributed by atoms with Crippen LogP contribution < -0.4 is 5.14 Å². The molecule has 20 heavy (non-hydrogen) atoms. The van der Waals surface area contributed by atoms with Gasteiger partial charge in [-0.3, -0.25) is 0 Å². The Morgan fingerprint density at radius 3 is 2.55 bits per heavy atom. The normalized spacial score (nSPS) is 16.9. The van der Waals surface area contributed by atoms with Crippen LogP contribution in [0, 0.1) is 0 Å². The summed E-state index contributed by atoms with van der Waals surface area (Å²) < 4.78 is 33.6. The highest BCUT2D eigenvalue weighted by Crippen LogP contribution is 2.21. The first-order valence-electron chi connectivity index (χ1n) is 5.98. The zero-order valence-corrected chi connectivity index (χ0v) is 12.9. The number of halogens is 1. The highest BCUT2D eigenvalue weighted by molar-refractivity contribution is 9.10. The van der Waals surface area contributed by atoms with Gasteiger partial charge in [0.1, 0.15) is 6.10 Å². The van der Waals surface area contributed by atoms with Crippen LogP contribution in [0.4, 0.5) is 0 Å². The standard InChI is InChI=1S/C12H14BrNO5S/c13-9-5-8(6-11(7-9)20(14,16)17)12(15)19-10-1-3-18-4-2-10/h5-7,10H,1-4H2,(H2,14,16,17). The molecule has 0 radical (unpaired) electrons. The van der Waals surface area contributed by atoms with Crippen molar-refractivity contribution in [3.05, 3.63) is 28.2 Å². The lowest BCUT2D eigenvalue weighted by Gasteiger charge is -2.22. The van der Waals surface area contributed by atoms with Crippen molar-refractivity contribution in [2.45, 2.75) is 23.8 Å². The summed E-state index contributed by atoms with van der Waals surface area (Å²) in [6.45, 7) is 1.11. The number of sulfonamides is 1. The molecule has 0 unspecified atom stereocenters. The molecule has 6 nitrogen and oxygen atoms in total. The molecule has 0 aromatic heterocycles. The maximum absolute atomic E-state index is 12.0. The molecule has 1 aromatic carbocycles. The zero-order valence-electron chi connectivity index (χ0n) is 10.5. The summed E-state index contributed by atoms with van der Waals surface area (Å²) in [6, 6.07) is 4.04. The van der Waals surface area contributed by atoms with Crippen LogP contribution in [0.1, 0.15) is 23.2 Å². The Hall–Kier alpha value is -0.960. The molecule has 1 aromatic rings. The zero-order chi connectivity index (χ0) is 14.8. The minimum Gasteiger partial charge on any atom is -0.459 e. The smallest absolute Gasteiger partial charge is 0.338 e. The van der Waals surface area contributed by atoms with Crippen molar-refractivity contribution >= 4 is 31.9 Å². The Bertz CT molecular complexity index is 610. The van der Waals surface area contributed by atoms with E-state index in [-0.39, 0.29) is 16.6 Å². The maximum Gasteiger partial charge on any atom is 0.338 e. The molecule has 0 saturated carbocycles. The van der Waals surface area contributed by atoms with E-state index in [4.69, 9.17) is 14.6 Å². The number of carbonyl (C=O) groups is 1. The molecule has 8 heteroatoms. The van der Waals surface area contributed by atoms with Crippen molar-refractivity contribution in [1.29, 1.82) is 0 Å². The molecule has 0 atom stereocenters. The van der Waals surface area contributed by atoms with Crippen LogP contribution in [0.3, 0.4) is 0 Å². The molecule has 0 bridgehead atoms. The SMILES string of the molecule is NS(=O)(=O)c1cc(Br)cc(C(=O)OC2CCOCC2)c1. The Morgan fingerprint density at radius 2 is 1.95 bits per heavy atom. The van der Waals surface area contributed by atoms with E-state index in [2.05, 4.69) is 15.9 Å². The molecule has 2 N–H and O–H groups in total.